The van der Waals surface area contributed by atoms with Crippen molar-refractivity contribution in [2.45, 2.75) is 30.6 Å². The minimum Gasteiger partial charge on any atom is -0.310 e. The number of hydrogen-bond acceptors (Lipinski definition) is 1. The summed E-state index contributed by atoms with van der Waals surface area (Å²) >= 11 is 0. The molecule has 1 nitrogen and oxygen atoms in total. The Morgan fingerprint density at radius 2 is 0.775 bits per heavy atom. The van der Waals surface area contributed by atoms with Gasteiger partial charge in [-0.3, -0.25) is 0 Å². The van der Waals surface area contributed by atoms with Crippen molar-refractivity contribution in [1.82, 2.24) is 0 Å². The average Bonchev–Trinajstić information content (AvgIpc) is 3.99. The lowest BCUT2D eigenvalue weighted by atomic mass is 9.65. The van der Waals surface area contributed by atoms with Crippen LogP contribution in [-0.4, -0.2) is 0 Å². The fraction of sp³-hybridized carbons (Fsp3) is 0.0857. The summed E-state index contributed by atoms with van der Waals surface area (Å²) in [4.78, 5) is 2.45. The van der Waals surface area contributed by atoms with Gasteiger partial charge in [-0.2, -0.15) is 0 Å². The molecule has 0 amide bonds. The number of nitrogens with zero attached hydrogens (tertiary/aromatic N) is 1. The Morgan fingerprint density at radius 1 is 0.310 bits per heavy atom. The number of fused-ring (bicyclic) bond motifs is 13. The highest BCUT2D eigenvalue weighted by Crippen LogP contribution is 2.66. The van der Waals surface area contributed by atoms with Crippen LogP contribution in [0.4, 0.5) is 17.1 Å². The van der Waals surface area contributed by atoms with Crippen molar-refractivity contribution < 1.29 is 0 Å². The van der Waals surface area contributed by atoms with Gasteiger partial charge in [0.2, 0.25) is 0 Å². The minimum atomic E-state index is -0.383. The van der Waals surface area contributed by atoms with Crippen LogP contribution in [0.2, 0.25) is 0 Å². The highest BCUT2D eigenvalue weighted by atomic mass is 15.1. The molecule has 1 heteroatoms. The summed E-state index contributed by atoms with van der Waals surface area (Å²) in [5, 5.41) is 0. The molecule has 10 aromatic rings. The Kier molecular flexibility index (Phi) is 9.35. The Labute approximate surface area is 417 Å². The van der Waals surface area contributed by atoms with E-state index in [0.29, 0.717) is 0 Å². The van der Waals surface area contributed by atoms with Gasteiger partial charge < -0.3 is 4.90 Å². The quantitative estimate of drug-likeness (QED) is 0.154. The van der Waals surface area contributed by atoms with Crippen molar-refractivity contribution in [2.24, 2.45) is 5.92 Å². The van der Waals surface area contributed by atoms with E-state index >= 15 is 0 Å². The standard InChI is InChI=1S/C70H51N/c1-69(2)63-27-14-12-25-57(63)59-39-36-56(45-66(59)69)71(54-34-29-49(30-35-54)46-17-6-3-7-18-46)55-24-16-23-50(41-55)51-33-40-65-62(42-51)58-26-13-15-28-64(58)70(65)67-43-52(47-19-8-4-9-20-47)31-37-60(67)61-38-32-53(44-68(61)70)48-21-10-5-11-22-48/h3-45,58,64H,1-2H3. The maximum absolute atomic E-state index is 2.53. The molecule has 71 heavy (non-hydrogen) atoms. The Bertz CT molecular complexity index is 3690. The molecule has 0 fully saturated rings. The lowest BCUT2D eigenvalue weighted by molar-refractivity contribution is 0.466. The van der Waals surface area contributed by atoms with Gasteiger partial charge in [-0.1, -0.05) is 226 Å². The summed E-state index contributed by atoms with van der Waals surface area (Å²) in [6.45, 7) is 4.74. The third-order valence-corrected chi connectivity index (χ3v) is 16.4. The van der Waals surface area contributed by atoms with Gasteiger partial charge in [0.25, 0.3) is 0 Å². The van der Waals surface area contributed by atoms with Gasteiger partial charge in [-0.05, 0) is 149 Å². The molecule has 0 saturated carbocycles. The molecule has 336 valence electrons. The van der Waals surface area contributed by atoms with Gasteiger partial charge in [-0.25, -0.2) is 0 Å². The third-order valence-electron chi connectivity index (χ3n) is 16.4. The second-order valence-corrected chi connectivity index (χ2v) is 20.4. The molecule has 0 heterocycles. The molecule has 0 saturated heterocycles. The first-order valence-electron chi connectivity index (χ1n) is 25.2. The Balaban J connectivity index is 0.925. The molecule has 14 rings (SSSR count). The summed E-state index contributed by atoms with van der Waals surface area (Å²) in [6.07, 6.45) is 9.53. The number of allylic oxidation sites excluding steroid dienone is 4. The molecular formula is C70H51N. The van der Waals surface area contributed by atoms with E-state index in [-0.39, 0.29) is 22.7 Å². The van der Waals surface area contributed by atoms with Crippen LogP contribution in [0.25, 0.3) is 66.8 Å². The van der Waals surface area contributed by atoms with Gasteiger partial charge in [0, 0.05) is 34.3 Å². The van der Waals surface area contributed by atoms with Crippen LogP contribution in [0.1, 0.15) is 53.1 Å². The molecule has 1 spiro atoms. The third kappa shape index (κ3) is 6.32. The smallest absolute Gasteiger partial charge is 0.0538 e. The van der Waals surface area contributed by atoms with Crippen LogP contribution in [0.5, 0.6) is 0 Å². The predicted octanol–water partition coefficient (Wildman–Crippen LogP) is 18.3. The fourth-order valence-electron chi connectivity index (χ4n) is 13.0. The first kappa shape index (κ1) is 41.5. The van der Waals surface area contributed by atoms with E-state index in [0.717, 1.165) is 17.1 Å². The van der Waals surface area contributed by atoms with Crippen LogP contribution in [0.15, 0.2) is 261 Å². The largest absolute Gasteiger partial charge is 0.310 e. The molecule has 0 radical (unpaired) electrons. The van der Waals surface area contributed by atoms with E-state index < -0.39 is 0 Å². The van der Waals surface area contributed by atoms with Gasteiger partial charge in [0.15, 0.2) is 0 Å². The van der Waals surface area contributed by atoms with E-state index in [4.69, 9.17) is 0 Å². The van der Waals surface area contributed by atoms with Gasteiger partial charge in [0.1, 0.15) is 0 Å². The minimum absolute atomic E-state index is 0.123. The zero-order valence-electron chi connectivity index (χ0n) is 39.9. The van der Waals surface area contributed by atoms with Crippen molar-refractivity contribution in [3.05, 3.63) is 294 Å². The molecule has 2 atom stereocenters. The maximum Gasteiger partial charge on any atom is 0.0538 e. The van der Waals surface area contributed by atoms with E-state index in [9.17, 15) is 0 Å². The second-order valence-electron chi connectivity index (χ2n) is 20.4. The SMILES string of the molecule is CC1(C)c2ccccc2-c2ccc(N(c3ccc(-c4ccccc4)cc3)c3cccc(-c4ccc5c(c4)C4C=CC=CC4C54c5cc(-c6ccccc6)ccc5-c5ccc(-c6ccccc6)cc54)c3)cc21. The summed E-state index contributed by atoms with van der Waals surface area (Å²) in [5.74, 6) is 0.405. The van der Waals surface area contributed by atoms with Crippen LogP contribution in [0.3, 0.4) is 0 Å². The number of anilines is 3. The molecule has 10 aromatic carbocycles. The molecule has 0 bridgehead atoms. The summed E-state index contributed by atoms with van der Waals surface area (Å²) in [6, 6.07) is 88.6. The second kappa shape index (κ2) is 16.0. The van der Waals surface area contributed by atoms with E-state index in [2.05, 4.69) is 280 Å². The van der Waals surface area contributed by atoms with E-state index in [1.807, 2.05) is 0 Å². The predicted molar refractivity (Wildman–Crippen MR) is 297 cm³/mol. The maximum atomic E-state index is 2.53. The topological polar surface area (TPSA) is 3.24 Å². The van der Waals surface area contributed by atoms with Gasteiger partial charge >= 0.3 is 0 Å². The molecule has 0 aromatic heterocycles. The van der Waals surface area contributed by atoms with E-state index in [1.165, 1.54) is 100 Å². The highest BCUT2D eigenvalue weighted by Gasteiger charge is 2.57. The Morgan fingerprint density at radius 3 is 1.45 bits per heavy atom. The van der Waals surface area contributed by atoms with Crippen molar-refractivity contribution in [2.75, 3.05) is 4.90 Å². The summed E-state index contributed by atoms with van der Waals surface area (Å²) in [5.41, 5.74) is 26.4. The Hall–Kier alpha value is -8.52. The van der Waals surface area contributed by atoms with Crippen LogP contribution < -0.4 is 4.90 Å². The molecular weight excluding hydrogens is 855 g/mol. The molecule has 0 N–H and O–H groups in total. The van der Waals surface area contributed by atoms with Crippen molar-refractivity contribution in [1.29, 1.82) is 0 Å². The number of benzene rings is 10. The molecule has 4 aliphatic carbocycles. The first-order chi connectivity index (χ1) is 34.9. The molecule has 2 unspecified atom stereocenters. The zero-order valence-corrected chi connectivity index (χ0v) is 39.9. The lowest BCUT2D eigenvalue weighted by Gasteiger charge is -2.36. The van der Waals surface area contributed by atoms with Crippen molar-refractivity contribution in [3.8, 4) is 66.8 Å². The normalized spacial score (nSPS) is 16.7. The average molecular weight is 906 g/mol. The fourth-order valence-corrected chi connectivity index (χ4v) is 13.0. The number of hydrogen-bond donors (Lipinski definition) is 0. The van der Waals surface area contributed by atoms with Gasteiger partial charge in [0.05, 0.1) is 5.41 Å². The summed E-state index contributed by atoms with van der Waals surface area (Å²) < 4.78 is 0. The molecule has 0 aliphatic heterocycles. The highest BCUT2D eigenvalue weighted by molar-refractivity contribution is 5.91. The van der Waals surface area contributed by atoms with E-state index in [1.54, 1.807) is 0 Å². The van der Waals surface area contributed by atoms with Crippen LogP contribution in [-0.2, 0) is 10.8 Å². The molecule has 4 aliphatic rings. The number of rotatable bonds is 7. The monoisotopic (exact) mass is 905 g/mol. The van der Waals surface area contributed by atoms with Crippen molar-refractivity contribution >= 4 is 17.1 Å². The van der Waals surface area contributed by atoms with Gasteiger partial charge in [-0.15, -0.1) is 0 Å². The zero-order chi connectivity index (χ0) is 47.3. The lowest BCUT2D eigenvalue weighted by Crippen LogP contribution is -2.33. The first-order valence-corrected chi connectivity index (χ1v) is 25.2. The van der Waals surface area contributed by atoms with Crippen LogP contribution >= 0.6 is 0 Å². The van der Waals surface area contributed by atoms with Crippen LogP contribution in [0, 0.1) is 5.92 Å². The summed E-state index contributed by atoms with van der Waals surface area (Å²) in [7, 11) is 0. The van der Waals surface area contributed by atoms with Crippen molar-refractivity contribution in [3.63, 3.8) is 0 Å².